The minimum Gasteiger partial charge on any atom is -0.464 e. The van der Waals surface area contributed by atoms with E-state index in [1.165, 1.54) is 0 Å². The third-order valence-electron chi connectivity index (χ3n) is 2.71. The second-order valence-electron chi connectivity index (χ2n) is 3.76. The fourth-order valence-electron chi connectivity index (χ4n) is 1.91. The number of hydrogen-bond acceptors (Lipinski definition) is 2. The molecule has 0 bridgehead atoms. The van der Waals surface area contributed by atoms with Gasteiger partial charge in [0.25, 0.3) is 0 Å². The highest BCUT2D eigenvalue weighted by Gasteiger charge is 2.07. The fraction of sp³-hybridized carbons (Fsp3) is 0. The van der Waals surface area contributed by atoms with Crippen LogP contribution in [0.5, 0.6) is 0 Å². The molecule has 0 aliphatic carbocycles. The highest BCUT2D eigenvalue weighted by Crippen LogP contribution is 2.31. The second-order valence-corrected chi connectivity index (χ2v) is 3.76. The summed E-state index contributed by atoms with van der Waals surface area (Å²) in [6.45, 7) is 0. The van der Waals surface area contributed by atoms with Crippen LogP contribution in [0, 0.1) is 0 Å². The Labute approximate surface area is 99.6 Å². The van der Waals surface area contributed by atoms with Gasteiger partial charge in [0.15, 0.2) is 0 Å². The average Bonchev–Trinajstić information content (AvgIpc) is 2.94. The summed E-state index contributed by atoms with van der Waals surface area (Å²) >= 11 is 0. The van der Waals surface area contributed by atoms with E-state index in [4.69, 9.17) is 4.42 Å². The van der Waals surface area contributed by atoms with E-state index in [0.717, 1.165) is 22.5 Å². The van der Waals surface area contributed by atoms with E-state index in [1.54, 1.807) is 18.7 Å². The minimum atomic E-state index is 0.886. The molecule has 0 aliphatic heterocycles. The molecule has 1 aromatic carbocycles. The molecule has 82 valence electrons. The Kier molecular flexibility index (Phi) is 2.47. The van der Waals surface area contributed by atoms with Crippen molar-refractivity contribution in [2.75, 3.05) is 0 Å². The molecule has 17 heavy (non-hydrogen) atoms. The SMILES string of the molecule is c1coc(-c2ccccc2-c2ccncc2)c1. The number of rotatable bonds is 2. The van der Waals surface area contributed by atoms with Crippen LogP contribution in [0.1, 0.15) is 0 Å². The quantitative estimate of drug-likeness (QED) is 0.653. The predicted molar refractivity (Wildman–Crippen MR) is 67.4 cm³/mol. The van der Waals surface area contributed by atoms with Crippen LogP contribution in [-0.2, 0) is 0 Å². The van der Waals surface area contributed by atoms with Crippen molar-refractivity contribution in [1.29, 1.82) is 0 Å². The monoisotopic (exact) mass is 221 g/mol. The van der Waals surface area contributed by atoms with Gasteiger partial charge in [-0.1, -0.05) is 24.3 Å². The fourth-order valence-corrected chi connectivity index (χ4v) is 1.91. The number of aromatic nitrogens is 1. The molecule has 2 heterocycles. The Bertz CT molecular complexity index is 600. The van der Waals surface area contributed by atoms with E-state index in [-0.39, 0.29) is 0 Å². The van der Waals surface area contributed by atoms with Crippen LogP contribution < -0.4 is 0 Å². The molecule has 0 spiro atoms. The summed E-state index contributed by atoms with van der Waals surface area (Å²) in [5.74, 6) is 0.886. The molecule has 0 unspecified atom stereocenters. The molecule has 2 aromatic heterocycles. The summed E-state index contributed by atoms with van der Waals surface area (Å²) < 4.78 is 5.47. The zero-order valence-corrected chi connectivity index (χ0v) is 9.21. The molecule has 2 nitrogen and oxygen atoms in total. The van der Waals surface area contributed by atoms with Gasteiger partial charge in [0.05, 0.1) is 6.26 Å². The van der Waals surface area contributed by atoms with Gasteiger partial charge in [-0.25, -0.2) is 0 Å². The van der Waals surface area contributed by atoms with Gasteiger partial charge in [-0.2, -0.15) is 0 Å². The standard InChI is InChI=1S/C15H11NO/c1-2-5-14(15-6-3-11-17-15)13(4-1)12-7-9-16-10-8-12/h1-11H. The molecule has 0 saturated heterocycles. The lowest BCUT2D eigenvalue weighted by Crippen LogP contribution is -1.83. The summed E-state index contributed by atoms with van der Waals surface area (Å²) in [5, 5.41) is 0. The van der Waals surface area contributed by atoms with E-state index >= 15 is 0 Å². The maximum Gasteiger partial charge on any atom is 0.134 e. The molecular weight excluding hydrogens is 210 g/mol. The van der Waals surface area contributed by atoms with Crippen LogP contribution in [0.25, 0.3) is 22.5 Å². The number of benzene rings is 1. The Morgan fingerprint density at radius 1 is 0.765 bits per heavy atom. The van der Waals surface area contributed by atoms with Crippen LogP contribution in [0.15, 0.2) is 71.6 Å². The summed E-state index contributed by atoms with van der Waals surface area (Å²) in [6.07, 6.45) is 5.29. The molecule has 0 amide bonds. The van der Waals surface area contributed by atoms with Crippen molar-refractivity contribution in [2.45, 2.75) is 0 Å². The summed E-state index contributed by atoms with van der Waals surface area (Å²) in [7, 11) is 0. The molecule has 3 aromatic rings. The Morgan fingerprint density at radius 2 is 1.53 bits per heavy atom. The van der Waals surface area contributed by atoms with Gasteiger partial charge in [0, 0.05) is 18.0 Å². The van der Waals surface area contributed by atoms with Crippen LogP contribution in [0.4, 0.5) is 0 Å². The topological polar surface area (TPSA) is 26.0 Å². The molecule has 2 heteroatoms. The van der Waals surface area contributed by atoms with Gasteiger partial charge < -0.3 is 4.42 Å². The number of hydrogen-bond donors (Lipinski definition) is 0. The van der Waals surface area contributed by atoms with E-state index in [9.17, 15) is 0 Å². The zero-order chi connectivity index (χ0) is 11.5. The Balaban J connectivity index is 2.18. The van der Waals surface area contributed by atoms with Crippen molar-refractivity contribution in [1.82, 2.24) is 4.98 Å². The van der Waals surface area contributed by atoms with E-state index in [0.29, 0.717) is 0 Å². The highest BCUT2D eigenvalue weighted by atomic mass is 16.3. The van der Waals surface area contributed by atoms with Crippen LogP contribution in [0.2, 0.25) is 0 Å². The van der Waals surface area contributed by atoms with Gasteiger partial charge in [0.2, 0.25) is 0 Å². The van der Waals surface area contributed by atoms with Gasteiger partial charge in [-0.15, -0.1) is 0 Å². The Hall–Kier alpha value is -2.35. The first-order valence-corrected chi connectivity index (χ1v) is 5.48. The third kappa shape index (κ3) is 1.85. The molecule has 0 atom stereocenters. The number of pyridine rings is 1. The maximum absolute atomic E-state index is 5.47. The second kappa shape index (κ2) is 4.26. The molecule has 0 saturated carbocycles. The van der Waals surface area contributed by atoms with Gasteiger partial charge in [-0.05, 0) is 35.4 Å². The molecule has 0 fully saturated rings. The summed E-state index contributed by atoms with van der Waals surface area (Å²) in [6, 6.07) is 16.1. The van der Waals surface area contributed by atoms with Crippen LogP contribution in [0.3, 0.4) is 0 Å². The first-order valence-electron chi connectivity index (χ1n) is 5.48. The predicted octanol–water partition coefficient (Wildman–Crippen LogP) is 4.01. The van der Waals surface area contributed by atoms with Gasteiger partial charge >= 0.3 is 0 Å². The largest absolute Gasteiger partial charge is 0.464 e. The summed E-state index contributed by atoms with van der Waals surface area (Å²) in [5.41, 5.74) is 3.40. The maximum atomic E-state index is 5.47. The van der Waals surface area contributed by atoms with Crippen molar-refractivity contribution in [3.8, 4) is 22.5 Å². The smallest absolute Gasteiger partial charge is 0.134 e. The molecule has 3 rings (SSSR count). The molecule has 0 aliphatic rings. The zero-order valence-electron chi connectivity index (χ0n) is 9.21. The lowest BCUT2D eigenvalue weighted by molar-refractivity contribution is 0.582. The van der Waals surface area contributed by atoms with Crippen molar-refractivity contribution in [3.63, 3.8) is 0 Å². The van der Waals surface area contributed by atoms with Gasteiger partial charge in [0.1, 0.15) is 5.76 Å². The molecule has 0 N–H and O–H groups in total. The van der Waals surface area contributed by atoms with Crippen molar-refractivity contribution in [3.05, 3.63) is 67.2 Å². The summed E-state index contributed by atoms with van der Waals surface area (Å²) in [4.78, 5) is 4.04. The molecule has 0 radical (unpaired) electrons. The van der Waals surface area contributed by atoms with Crippen molar-refractivity contribution < 1.29 is 4.42 Å². The van der Waals surface area contributed by atoms with Crippen molar-refractivity contribution >= 4 is 0 Å². The van der Waals surface area contributed by atoms with E-state index in [2.05, 4.69) is 17.1 Å². The molecular formula is C15H11NO. The van der Waals surface area contributed by atoms with E-state index < -0.39 is 0 Å². The first kappa shape index (κ1) is 9.85. The normalized spacial score (nSPS) is 10.4. The van der Waals surface area contributed by atoms with Gasteiger partial charge in [-0.3, -0.25) is 4.98 Å². The van der Waals surface area contributed by atoms with Crippen molar-refractivity contribution in [2.24, 2.45) is 0 Å². The van der Waals surface area contributed by atoms with Crippen LogP contribution >= 0.6 is 0 Å². The third-order valence-corrected chi connectivity index (χ3v) is 2.71. The average molecular weight is 221 g/mol. The minimum absolute atomic E-state index is 0.886. The lowest BCUT2D eigenvalue weighted by Gasteiger charge is -2.06. The van der Waals surface area contributed by atoms with Crippen LogP contribution in [-0.4, -0.2) is 4.98 Å². The van der Waals surface area contributed by atoms with E-state index in [1.807, 2.05) is 36.4 Å². The Morgan fingerprint density at radius 3 is 2.24 bits per heavy atom. The lowest BCUT2D eigenvalue weighted by atomic mass is 9.99. The number of furan rings is 1. The number of nitrogens with zero attached hydrogens (tertiary/aromatic N) is 1. The first-order chi connectivity index (χ1) is 8.45. The highest BCUT2D eigenvalue weighted by molar-refractivity contribution is 5.80.